The Morgan fingerprint density at radius 1 is 1.08 bits per heavy atom. The average molecular weight is 359 g/mol. The number of anilines is 1. The number of nitrogens with zero attached hydrogens (tertiary/aromatic N) is 1. The summed E-state index contributed by atoms with van der Waals surface area (Å²) in [6.45, 7) is 10.0. The molecule has 1 unspecified atom stereocenters. The van der Waals surface area contributed by atoms with Gasteiger partial charge in [0.1, 0.15) is 0 Å². The minimum Gasteiger partial charge on any atom is -0.325 e. The van der Waals surface area contributed by atoms with Crippen LogP contribution < -0.4 is 10.9 Å². The fourth-order valence-corrected chi connectivity index (χ4v) is 3.04. The number of rotatable bonds is 6. The van der Waals surface area contributed by atoms with Gasteiger partial charge in [0.15, 0.2) is 5.16 Å². The molecule has 2 rings (SSSR count). The first-order valence-electron chi connectivity index (χ1n) is 8.45. The number of thioether (sulfide) groups is 1. The molecule has 1 aromatic heterocycles. The van der Waals surface area contributed by atoms with Gasteiger partial charge < -0.3 is 10.3 Å². The molecule has 1 atom stereocenters. The molecule has 0 fully saturated rings. The Morgan fingerprint density at radius 3 is 2.28 bits per heavy atom. The summed E-state index contributed by atoms with van der Waals surface area (Å²) in [5, 5.41) is 2.99. The fourth-order valence-electron chi connectivity index (χ4n) is 2.22. The van der Waals surface area contributed by atoms with Crippen molar-refractivity contribution < 1.29 is 4.79 Å². The molecule has 0 saturated carbocycles. The molecule has 0 radical (unpaired) electrons. The van der Waals surface area contributed by atoms with Gasteiger partial charge in [0, 0.05) is 11.8 Å². The van der Waals surface area contributed by atoms with Crippen LogP contribution >= 0.6 is 11.8 Å². The zero-order chi connectivity index (χ0) is 18.6. The number of H-pyrrole nitrogens is 1. The molecule has 6 heteroatoms. The molecule has 0 saturated heterocycles. The second-order valence-electron chi connectivity index (χ2n) is 6.66. The van der Waals surface area contributed by atoms with Crippen LogP contribution in [0.3, 0.4) is 0 Å². The number of hydrogen-bond donors (Lipinski definition) is 2. The van der Waals surface area contributed by atoms with Gasteiger partial charge in [-0.15, -0.1) is 0 Å². The first kappa shape index (κ1) is 19.2. The summed E-state index contributed by atoms with van der Waals surface area (Å²) in [5.41, 5.74) is 2.52. The summed E-state index contributed by atoms with van der Waals surface area (Å²) in [7, 11) is 0. The number of nitrogens with one attached hydrogen (secondary N) is 2. The smallest absolute Gasteiger partial charge is 0.251 e. The van der Waals surface area contributed by atoms with Crippen LogP contribution in [0.5, 0.6) is 0 Å². The van der Waals surface area contributed by atoms with E-state index in [1.807, 2.05) is 38.1 Å². The number of hydrogen-bond acceptors (Lipinski definition) is 4. The van der Waals surface area contributed by atoms with E-state index in [9.17, 15) is 9.59 Å². The van der Waals surface area contributed by atoms with Crippen molar-refractivity contribution in [3.8, 4) is 0 Å². The summed E-state index contributed by atoms with van der Waals surface area (Å²) in [4.78, 5) is 31.2. The van der Waals surface area contributed by atoms with Crippen LogP contribution in [0.2, 0.25) is 0 Å². The lowest BCUT2D eigenvalue weighted by atomic mass is 10.0. The number of benzene rings is 1. The number of aromatic amines is 1. The van der Waals surface area contributed by atoms with Crippen molar-refractivity contribution in [2.45, 2.75) is 56.9 Å². The lowest BCUT2D eigenvalue weighted by molar-refractivity contribution is -0.115. The largest absolute Gasteiger partial charge is 0.325 e. The van der Waals surface area contributed by atoms with E-state index in [1.165, 1.54) is 23.4 Å². The predicted molar refractivity (Wildman–Crippen MR) is 103 cm³/mol. The second kappa shape index (κ2) is 8.34. The highest BCUT2D eigenvalue weighted by molar-refractivity contribution is 8.00. The van der Waals surface area contributed by atoms with Gasteiger partial charge in [-0.1, -0.05) is 51.6 Å². The third-order valence-electron chi connectivity index (χ3n) is 3.83. The number of aromatic nitrogens is 2. The van der Waals surface area contributed by atoms with Crippen molar-refractivity contribution in [2.24, 2.45) is 0 Å². The van der Waals surface area contributed by atoms with Crippen LogP contribution in [0.25, 0.3) is 0 Å². The van der Waals surface area contributed by atoms with E-state index >= 15 is 0 Å². The molecule has 1 amide bonds. The summed E-state index contributed by atoms with van der Waals surface area (Å²) >= 11 is 1.25. The van der Waals surface area contributed by atoms with Gasteiger partial charge in [-0.3, -0.25) is 9.59 Å². The molecular weight excluding hydrogens is 334 g/mol. The van der Waals surface area contributed by atoms with Crippen LogP contribution in [0.4, 0.5) is 5.69 Å². The zero-order valence-electron chi connectivity index (χ0n) is 15.3. The van der Waals surface area contributed by atoms with Gasteiger partial charge in [0.05, 0.1) is 10.9 Å². The first-order chi connectivity index (χ1) is 11.8. The third-order valence-corrected chi connectivity index (χ3v) is 4.82. The summed E-state index contributed by atoms with van der Waals surface area (Å²) in [6, 6.07) is 9.34. The van der Waals surface area contributed by atoms with Crippen molar-refractivity contribution >= 4 is 23.4 Å². The molecule has 0 aliphatic heterocycles. The molecule has 134 valence electrons. The summed E-state index contributed by atoms with van der Waals surface area (Å²) in [6.07, 6.45) is 0. The highest BCUT2D eigenvalue weighted by atomic mass is 32.2. The Kier molecular flexibility index (Phi) is 6.42. The molecule has 1 aromatic carbocycles. The van der Waals surface area contributed by atoms with E-state index in [0.29, 0.717) is 11.1 Å². The van der Waals surface area contributed by atoms with Crippen LogP contribution in [0.15, 0.2) is 40.3 Å². The average Bonchev–Trinajstić information content (AvgIpc) is 2.54. The van der Waals surface area contributed by atoms with Crippen molar-refractivity contribution in [1.82, 2.24) is 9.97 Å². The SMILES string of the molecule is CC(Sc1nc(C(C)C)cc(=O)[nH]1)C(=O)Nc1ccc(C(C)C)cc1. The van der Waals surface area contributed by atoms with Gasteiger partial charge in [0.25, 0.3) is 5.56 Å². The molecule has 0 aliphatic rings. The Morgan fingerprint density at radius 2 is 1.72 bits per heavy atom. The molecule has 2 aromatic rings. The lowest BCUT2D eigenvalue weighted by Gasteiger charge is -2.13. The van der Waals surface area contributed by atoms with Crippen molar-refractivity contribution in [3.05, 3.63) is 51.9 Å². The van der Waals surface area contributed by atoms with Gasteiger partial charge >= 0.3 is 0 Å². The Bertz CT molecular complexity index is 782. The summed E-state index contributed by atoms with van der Waals surface area (Å²) < 4.78 is 0. The standard InChI is InChI=1S/C19H25N3O2S/c1-11(2)14-6-8-15(9-7-14)20-18(24)13(5)25-19-21-16(12(3)4)10-17(23)22-19/h6-13H,1-5H3,(H,20,24)(H,21,22,23). The Balaban J connectivity index is 2.04. The minimum absolute atomic E-state index is 0.125. The van der Waals surface area contributed by atoms with Crippen molar-refractivity contribution in [1.29, 1.82) is 0 Å². The quantitative estimate of drug-likeness (QED) is 0.600. The molecule has 0 bridgehead atoms. The van der Waals surface area contributed by atoms with Crippen LogP contribution in [-0.4, -0.2) is 21.1 Å². The molecular formula is C19H25N3O2S. The molecule has 2 N–H and O–H groups in total. The van der Waals surface area contributed by atoms with Gasteiger partial charge in [-0.25, -0.2) is 4.98 Å². The van der Waals surface area contributed by atoms with Crippen molar-refractivity contribution in [2.75, 3.05) is 5.32 Å². The van der Waals surface area contributed by atoms with E-state index in [0.717, 1.165) is 11.4 Å². The first-order valence-corrected chi connectivity index (χ1v) is 9.33. The highest BCUT2D eigenvalue weighted by Gasteiger charge is 2.17. The van der Waals surface area contributed by atoms with E-state index in [1.54, 1.807) is 6.92 Å². The maximum Gasteiger partial charge on any atom is 0.251 e. The lowest BCUT2D eigenvalue weighted by Crippen LogP contribution is -2.23. The Labute approximate surface area is 152 Å². The van der Waals surface area contributed by atoms with Gasteiger partial charge in [-0.05, 0) is 36.5 Å². The van der Waals surface area contributed by atoms with Gasteiger partial charge in [0.2, 0.25) is 5.91 Å². The van der Waals surface area contributed by atoms with Crippen molar-refractivity contribution in [3.63, 3.8) is 0 Å². The minimum atomic E-state index is -0.379. The maximum absolute atomic E-state index is 12.4. The van der Waals surface area contributed by atoms with Crippen LogP contribution in [0.1, 0.15) is 57.7 Å². The van der Waals surface area contributed by atoms with E-state index in [4.69, 9.17) is 0 Å². The van der Waals surface area contributed by atoms with Crippen LogP contribution in [0, 0.1) is 0 Å². The number of amides is 1. The van der Waals surface area contributed by atoms with E-state index in [2.05, 4.69) is 29.1 Å². The summed E-state index contributed by atoms with van der Waals surface area (Å²) in [5.74, 6) is 0.487. The maximum atomic E-state index is 12.4. The molecule has 5 nitrogen and oxygen atoms in total. The van der Waals surface area contributed by atoms with Gasteiger partial charge in [-0.2, -0.15) is 0 Å². The number of carbonyl (C=O) groups excluding carboxylic acids is 1. The third kappa shape index (κ3) is 5.46. The van der Waals surface area contributed by atoms with E-state index < -0.39 is 0 Å². The van der Waals surface area contributed by atoms with Crippen LogP contribution in [-0.2, 0) is 4.79 Å². The second-order valence-corrected chi connectivity index (χ2v) is 7.99. The van der Waals surface area contributed by atoms with E-state index in [-0.39, 0.29) is 22.6 Å². The zero-order valence-corrected chi connectivity index (χ0v) is 16.1. The molecule has 1 heterocycles. The Hall–Kier alpha value is -2.08. The molecule has 0 aliphatic carbocycles. The normalized spacial score (nSPS) is 12.4. The number of carbonyl (C=O) groups is 1. The fraction of sp³-hybridized carbons (Fsp3) is 0.421. The molecule has 25 heavy (non-hydrogen) atoms. The monoisotopic (exact) mass is 359 g/mol. The molecule has 0 spiro atoms. The topological polar surface area (TPSA) is 74.8 Å². The predicted octanol–water partition coefficient (Wildman–Crippen LogP) is 4.14. The highest BCUT2D eigenvalue weighted by Crippen LogP contribution is 2.22.